The Morgan fingerprint density at radius 2 is 1.96 bits per heavy atom. The summed E-state index contributed by atoms with van der Waals surface area (Å²) >= 11 is 2.67. The van der Waals surface area contributed by atoms with Gasteiger partial charge in [-0.25, -0.2) is 4.39 Å². The van der Waals surface area contributed by atoms with Gasteiger partial charge in [-0.15, -0.1) is 10.2 Å². The summed E-state index contributed by atoms with van der Waals surface area (Å²) in [4.78, 5) is 12.2. The third-order valence-electron chi connectivity index (χ3n) is 3.26. The van der Waals surface area contributed by atoms with Crippen molar-refractivity contribution in [3.8, 4) is 0 Å². The maximum atomic E-state index is 13.2. The first kappa shape index (κ1) is 20.6. The lowest BCUT2D eigenvalue weighted by Gasteiger charge is -2.33. The molecule has 0 fully saturated rings. The molecule has 0 saturated carbocycles. The van der Waals surface area contributed by atoms with E-state index in [2.05, 4.69) is 41.6 Å². The SMILES string of the molecule is CC(C)(C)CC(C)(C)NC(=O)CSc1nnc(Nc2cccc(F)c2)s1. The van der Waals surface area contributed by atoms with E-state index >= 15 is 0 Å². The number of hydrogen-bond donors (Lipinski definition) is 2. The van der Waals surface area contributed by atoms with Crippen LogP contribution < -0.4 is 10.6 Å². The van der Waals surface area contributed by atoms with Crippen LogP contribution in [-0.2, 0) is 4.79 Å². The summed E-state index contributed by atoms with van der Waals surface area (Å²) in [6, 6.07) is 6.14. The maximum Gasteiger partial charge on any atom is 0.230 e. The molecule has 0 spiro atoms. The zero-order valence-electron chi connectivity index (χ0n) is 15.7. The molecule has 0 bridgehead atoms. The smallest absolute Gasteiger partial charge is 0.230 e. The van der Waals surface area contributed by atoms with Crippen molar-refractivity contribution >= 4 is 39.8 Å². The molecule has 0 aliphatic heterocycles. The minimum atomic E-state index is -0.316. The Labute approximate surface area is 162 Å². The zero-order valence-corrected chi connectivity index (χ0v) is 17.4. The predicted octanol–water partition coefficient (Wildman–Crippen LogP) is 4.84. The first-order valence-corrected chi connectivity index (χ1v) is 10.1. The lowest BCUT2D eigenvalue weighted by atomic mass is 9.82. The molecule has 0 atom stereocenters. The fourth-order valence-corrected chi connectivity index (χ4v) is 4.49. The molecule has 26 heavy (non-hydrogen) atoms. The van der Waals surface area contributed by atoms with Crippen LogP contribution in [0.5, 0.6) is 0 Å². The van der Waals surface area contributed by atoms with E-state index in [1.807, 2.05) is 13.8 Å². The molecule has 8 heteroatoms. The predicted molar refractivity (Wildman–Crippen MR) is 107 cm³/mol. The Balaban J connectivity index is 1.84. The fraction of sp³-hybridized carbons (Fsp3) is 0.500. The van der Waals surface area contributed by atoms with Crippen LogP contribution in [0.25, 0.3) is 0 Å². The van der Waals surface area contributed by atoms with E-state index in [4.69, 9.17) is 0 Å². The summed E-state index contributed by atoms with van der Waals surface area (Å²) in [6.45, 7) is 10.5. The molecule has 2 rings (SSSR count). The van der Waals surface area contributed by atoms with Crippen molar-refractivity contribution in [2.24, 2.45) is 5.41 Å². The van der Waals surface area contributed by atoms with Crippen molar-refractivity contribution < 1.29 is 9.18 Å². The number of benzene rings is 1. The molecular weight excluding hydrogens is 371 g/mol. The van der Waals surface area contributed by atoms with Crippen LogP contribution in [-0.4, -0.2) is 27.4 Å². The Hall–Kier alpha value is -1.67. The molecule has 2 aromatic rings. The average molecular weight is 397 g/mol. The van der Waals surface area contributed by atoms with Gasteiger partial charge in [-0.2, -0.15) is 0 Å². The number of anilines is 2. The van der Waals surface area contributed by atoms with Gasteiger partial charge < -0.3 is 10.6 Å². The van der Waals surface area contributed by atoms with Crippen LogP contribution in [0, 0.1) is 11.2 Å². The summed E-state index contributed by atoms with van der Waals surface area (Å²) in [5.41, 5.74) is 0.487. The quantitative estimate of drug-likeness (QED) is 0.655. The lowest BCUT2D eigenvalue weighted by Crippen LogP contribution is -2.46. The number of rotatable bonds is 7. The number of carbonyl (C=O) groups is 1. The number of nitrogens with zero attached hydrogens (tertiary/aromatic N) is 2. The maximum absolute atomic E-state index is 13.2. The topological polar surface area (TPSA) is 66.9 Å². The molecule has 5 nitrogen and oxygen atoms in total. The molecule has 1 aromatic heterocycles. The second kappa shape index (κ2) is 8.35. The summed E-state index contributed by atoms with van der Waals surface area (Å²) in [5, 5.41) is 14.7. The number of amides is 1. The second-order valence-electron chi connectivity index (χ2n) is 7.97. The monoisotopic (exact) mass is 396 g/mol. The second-order valence-corrected chi connectivity index (χ2v) is 10.2. The Bertz CT molecular complexity index is 756. The summed E-state index contributed by atoms with van der Waals surface area (Å²) in [6.07, 6.45) is 0.886. The highest BCUT2D eigenvalue weighted by atomic mass is 32.2. The molecule has 0 radical (unpaired) electrons. The van der Waals surface area contributed by atoms with Gasteiger partial charge >= 0.3 is 0 Å². The third-order valence-corrected chi connectivity index (χ3v) is 5.23. The van der Waals surface area contributed by atoms with Crippen molar-refractivity contribution in [3.63, 3.8) is 0 Å². The van der Waals surface area contributed by atoms with Gasteiger partial charge in [-0.05, 0) is 43.9 Å². The number of halogens is 1. The van der Waals surface area contributed by atoms with E-state index in [-0.39, 0.29) is 28.4 Å². The Morgan fingerprint density at radius 1 is 1.23 bits per heavy atom. The van der Waals surface area contributed by atoms with E-state index in [1.165, 1.54) is 35.2 Å². The average Bonchev–Trinajstić information content (AvgIpc) is 2.89. The van der Waals surface area contributed by atoms with E-state index < -0.39 is 0 Å². The molecule has 1 aromatic carbocycles. The standard InChI is InChI=1S/C18H25FN4OS2/c1-17(2,3)11-18(4,5)21-14(24)10-25-16-23-22-15(26-16)20-13-8-6-7-12(19)9-13/h6-9H,10-11H2,1-5H3,(H,20,22)(H,21,24). The van der Waals surface area contributed by atoms with Crippen molar-refractivity contribution in [2.75, 3.05) is 11.1 Å². The summed E-state index contributed by atoms with van der Waals surface area (Å²) < 4.78 is 13.9. The van der Waals surface area contributed by atoms with Gasteiger partial charge in [0.05, 0.1) is 5.75 Å². The van der Waals surface area contributed by atoms with Gasteiger partial charge in [0, 0.05) is 11.2 Å². The van der Waals surface area contributed by atoms with Gasteiger partial charge in [-0.1, -0.05) is 49.9 Å². The minimum absolute atomic E-state index is 0.0286. The first-order valence-electron chi connectivity index (χ1n) is 8.32. The molecule has 0 saturated heterocycles. The largest absolute Gasteiger partial charge is 0.350 e. The molecule has 0 aliphatic carbocycles. The molecule has 1 amide bonds. The highest BCUT2D eigenvalue weighted by Crippen LogP contribution is 2.29. The van der Waals surface area contributed by atoms with Gasteiger partial charge in [-0.3, -0.25) is 4.79 Å². The van der Waals surface area contributed by atoms with Crippen LogP contribution in [0.15, 0.2) is 28.6 Å². The van der Waals surface area contributed by atoms with Gasteiger partial charge in [0.1, 0.15) is 5.82 Å². The highest BCUT2D eigenvalue weighted by Gasteiger charge is 2.27. The number of thioether (sulfide) groups is 1. The normalized spacial score (nSPS) is 12.1. The van der Waals surface area contributed by atoms with Crippen LogP contribution in [0.4, 0.5) is 15.2 Å². The Morgan fingerprint density at radius 3 is 2.62 bits per heavy atom. The summed E-state index contributed by atoms with van der Waals surface area (Å²) in [7, 11) is 0. The van der Waals surface area contributed by atoms with Crippen LogP contribution >= 0.6 is 23.1 Å². The van der Waals surface area contributed by atoms with Crippen molar-refractivity contribution in [1.82, 2.24) is 15.5 Å². The van der Waals surface area contributed by atoms with Crippen LogP contribution in [0.1, 0.15) is 41.0 Å². The Kier molecular flexibility index (Phi) is 6.63. The van der Waals surface area contributed by atoms with E-state index in [9.17, 15) is 9.18 Å². The van der Waals surface area contributed by atoms with Gasteiger partial charge in [0.25, 0.3) is 0 Å². The van der Waals surface area contributed by atoms with Crippen molar-refractivity contribution in [1.29, 1.82) is 0 Å². The lowest BCUT2D eigenvalue weighted by molar-refractivity contribution is -0.120. The third kappa shape index (κ3) is 7.29. The molecule has 142 valence electrons. The minimum Gasteiger partial charge on any atom is -0.350 e. The molecule has 0 aliphatic rings. The van der Waals surface area contributed by atoms with E-state index in [1.54, 1.807) is 12.1 Å². The van der Waals surface area contributed by atoms with Crippen molar-refractivity contribution in [3.05, 3.63) is 30.1 Å². The number of nitrogens with one attached hydrogen (secondary N) is 2. The molecule has 1 heterocycles. The van der Waals surface area contributed by atoms with Crippen molar-refractivity contribution in [2.45, 2.75) is 50.9 Å². The van der Waals surface area contributed by atoms with Gasteiger partial charge in [0.15, 0.2) is 4.34 Å². The number of aromatic nitrogens is 2. The zero-order chi connectivity index (χ0) is 19.4. The summed E-state index contributed by atoms with van der Waals surface area (Å²) in [5.74, 6) is -0.0647. The van der Waals surface area contributed by atoms with E-state index in [0.29, 0.717) is 15.2 Å². The van der Waals surface area contributed by atoms with Crippen LogP contribution in [0.3, 0.4) is 0 Å². The van der Waals surface area contributed by atoms with E-state index in [0.717, 1.165) is 6.42 Å². The first-order chi connectivity index (χ1) is 12.0. The number of hydrogen-bond acceptors (Lipinski definition) is 6. The highest BCUT2D eigenvalue weighted by molar-refractivity contribution is 8.01. The molecular formula is C18H25FN4OS2. The molecule has 2 N–H and O–H groups in total. The van der Waals surface area contributed by atoms with Gasteiger partial charge in [0.2, 0.25) is 11.0 Å². The molecule has 0 unspecified atom stereocenters. The van der Waals surface area contributed by atoms with Crippen LogP contribution in [0.2, 0.25) is 0 Å². The fourth-order valence-electron chi connectivity index (χ4n) is 2.92. The number of carbonyl (C=O) groups excluding carboxylic acids is 1.